The first-order valence-corrected chi connectivity index (χ1v) is 10.3. The van der Waals surface area contributed by atoms with Crippen LogP contribution in [0.3, 0.4) is 0 Å². The third-order valence-corrected chi connectivity index (χ3v) is 6.90. The highest BCUT2D eigenvalue weighted by Gasteiger charge is 2.32. The van der Waals surface area contributed by atoms with Crippen LogP contribution in [0, 0.1) is 11.6 Å². The van der Waals surface area contributed by atoms with Crippen LogP contribution >= 0.6 is 11.8 Å². The van der Waals surface area contributed by atoms with Gasteiger partial charge in [0.15, 0.2) is 0 Å². The smallest absolute Gasteiger partial charge is 0.246 e. The lowest BCUT2D eigenvalue weighted by Crippen LogP contribution is -2.51. The minimum Gasteiger partial charge on any atom is -0.339 e. The molecular formula is C16H22F2N2O3S2. The minimum atomic E-state index is -4.12. The van der Waals surface area contributed by atoms with Gasteiger partial charge in [0.1, 0.15) is 16.5 Å². The van der Waals surface area contributed by atoms with E-state index in [0.717, 1.165) is 16.4 Å². The first kappa shape index (κ1) is 20.1. The first-order valence-electron chi connectivity index (χ1n) is 7.88. The van der Waals surface area contributed by atoms with Crippen LogP contribution in [0.1, 0.15) is 20.8 Å². The van der Waals surface area contributed by atoms with Crippen molar-refractivity contribution in [2.45, 2.75) is 30.4 Å². The summed E-state index contributed by atoms with van der Waals surface area (Å²) < 4.78 is 53.2. The van der Waals surface area contributed by atoms with Crippen molar-refractivity contribution in [1.29, 1.82) is 0 Å². The fourth-order valence-corrected chi connectivity index (χ4v) is 4.60. The number of thioether (sulfide) groups is 1. The largest absolute Gasteiger partial charge is 0.339 e. The highest BCUT2D eigenvalue weighted by molar-refractivity contribution is 8.01. The Bertz CT molecular complexity index is 740. The predicted molar refractivity (Wildman–Crippen MR) is 93.9 cm³/mol. The van der Waals surface area contributed by atoms with Gasteiger partial charge in [-0.25, -0.2) is 17.2 Å². The summed E-state index contributed by atoms with van der Waals surface area (Å²) in [4.78, 5) is 13.1. The molecule has 1 aliphatic heterocycles. The van der Waals surface area contributed by atoms with Crippen LogP contribution in [0.25, 0.3) is 0 Å². The summed E-state index contributed by atoms with van der Waals surface area (Å²) in [5.74, 6) is -1.52. The van der Waals surface area contributed by atoms with Gasteiger partial charge in [-0.2, -0.15) is 4.31 Å². The second-order valence-electron chi connectivity index (χ2n) is 6.76. The fraction of sp³-hybridized carbons (Fsp3) is 0.562. The van der Waals surface area contributed by atoms with Crippen LogP contribution in [0.2, 0.25) is 0 Å². The van der Waals surface area contributed by atoms with Gasteiger partial charge in [0.2, 0.25) is 15.9 Å². The van der Waals surface area contributed by atoms with Gasteiger partial charge in [-0.1, -0.05) is 20.8 Å². The SMILES string of the molecule is CC(C)(C)SCC(=O)N1CCN(S(=O)(=O)c2cc(F)ccc2F)CC1. The Balaban J connectivity index is 2.02. The van der Waals surface area contributed by atoms with Crippen LogP contribution in [-0.4, -0.2) is 60.2 Å². The second-order valence-corrected chi connectivity index (χ2v) is 10.5. The maximum absolute atomic E-state index is 13.8. The molecule has 1 amide bonds. The lowest BCUT2D eigenvalue weighted by Gasteiger charge is -2.34. The van der Waals surface area contributed by atoms with E-state index in [0.29, 0.717) is 11.8 Å². The molecule has 0 saturated carbocycles. The number of carbonyl (C=O) groups excluding carboxylic acids is 1. The van der Waals surface area contributed by atoms with Crippen LogP contribution in [0.15, 0.2) is 23.1 Å². The zero-order chi connectivity index (χ0) is 18.8. The number of hydrogen-bond acceptors (Lipinski definition) is 4. The third kappa shape index (κ3) is 5.15. The number of halogens is 2. The zero-order valence-corrected chi connectivity index (χ0v) is 16.1. The molecule has 140 valence electrons. The van der Waals surface area contributed by atoms with Gasteiger partial charge in [0.25, 0.3) is 0 Å². The first-order chi connectivity index (χ1) is 11.5. The average molecular weight is 392 g/mol. The van der Waals surface area contributed by atoms with Crippen LogP contribution < -0.4 is 0 Å². The molecule has 1 fully saturated rings. The van der Waals surface area contributed by atoms with E-state index in [1.165, 1.54) is 11.8 Å². The van der Waals surface area contributed by atoms with Crippen molar-refractivity contribution >= 4 is 27.7 Å². The Kier molecular flexibility index (Phi) is 6.11. The van der Waals surface area contributed by atoms with E-state index in [1.54, 1.807) is 4.90 Å². The standard InChI is InChI=1S/C16H22F2N2O3S2/c1-16(2,3)24-11-15(21)19-6-8-20(9-7-19)25(22,23)14-10-12(17)4-5-13(14)18/h4-5,10H,6-9,11H2,1-3H3. The lowest BCUT2D eigenvalue weighted by atomic mass is 10.3. The number of sulfonamides is 1. The van der Waals surface area contributed by atoms with Crippen molar-refractivity contribution in [3.8, 4) is 0 Å². The molecule has 0 spiro atoms. The summed E-state index contributed by atoms with van der Waals surface area (Å²) in [5, 5.41) is 0. The van der Waals surface area contributed by atoms with Gasteiger partial charge >= 0.3 is 0 Å². The van der Waals surface area contributed by atoms with E-state index >= 15 is 0 Å². The quantitative estimate of drug-likeness (QED) is 0.789. The summed E-state index contributed by atoms with van der Waals surface area (Å²) in [6.45, 7) is 6.64. The van der Waals surface area contributed by atoms with Gasteiger partial charge in [0.05, 0.1) is 5.75 Å². The summed E-state index contributed by atoms with van der Waals surface area (Å²) in [5.41, 5.74) is 0. The van der Waals surface area contributed by atoms with Crippen molar-refractivity contribution in [2.24, 2.45) is 0 Å². The fourth-order valence-electron chi connectivity index (χ4n) is 2.36. The maximum Gasteiger partial charge on any atom is 0.246 e. The minimum absolute atomic E-state index is 0.0320. The van der Waals surface area contributed by atoms with Crippen molar-refractivity contribution in [3.05, 3.63) is 29.8 Å². The average Bonchev–Trinajstić information content (AvgIpc) is 2.54. The molecule has 1 saturated heterocycles. The third-order valence-electron chi connectivity index (χ3n) is 3.73. The molecule has 0 radical (unpaired) electrons. The van der Waals surface area contributed by atoms with Gasteiger partial charge in [-0.3, -0.25) is 4.79 Å². The molecule has 2 rings (SSSR count). The molecule has 0 aliphatic carbocycles. The Morgan fingerprint density at radius 2 is 1.76 bits per heavy atom. The van der Waals surface area contributed by atoms with Crippen molar-refractivity contribution < 1.29 is 22.0 Å². The summed E-state index contributed by atoms with van der Waals surface area (Å²) in [6, 6.07) is 2.35. The molecule has 0 atom stereocenters. The van der Waals surface area contributed by atoms with Crippen molar-refractivity contribution in [1.82, 2.24) is 9.21 Å². The second kappa shape index (κ2) is 7.59. The van der Waals surface area contributed by atoms with E-state index in [1.807, 2.05) is 20.8 Å². The van der Waals surface area contributed by atoms with Crippen LogP contribution in [0.4, 0.5) is 8.78 Å². The van der Waals surface area contributed by atoms with E-state index in [2.05, 4.69) is 0 Å². The number of piperazine rings is 1. The van der Waals surface area contributed by atoms with Crippen LogP contribution in [0.5, 0.6) is 0 Å². The molecule has 1 heterocycles. The molecule has 1 aromatic carbocycles. The predicted octanol–water partition coefficient (Wildman–Crippen LogP) is 2.33. The molecular weight excluding hydrogens is 370 g/mol. The van der Waals surface area contributed by atoms with Crippen LogP contribution in [-0.2, 0) is 14.8 Å². The van der Waals surface area contributed by atoms with Gasteiger partial charge < -0.3 is 4.90 Å². The molecule has 1 aliphatic rings. The Morgan fingerprint density at radius 3 is 2.32 bits per heavy atom. The van der Waals surface area contributed by atoms with Gasteiger partial charge in [0, 0.05) is 30.9 Å². The molecule has 25 heavy (non-hydrogen) atoms. The Labute approximate surface area is 151 Å². The lowest BCUT2D eigenvalue weighted by molar-refractivity contribution is -0.129. The van der Waals surface area contributed by atoms with Crippen molar-refractivity contribution in [2.75, 3.05) is 31.9 Å². The number of hydrogen-bond donors (Lipinski definition) is 0. The maximum atomic E-state index is 13.8. The molecule has 0 unspecified atom stereocenters. The normalized spacial score (nSPS) is 16.9. The topological polar surface area (TPSA) is 57.7 Å². The highest BCUT2D eigenvalue weighted by atomic mass is 32.2. The Hall–Kier alpha value is -1.19. The molecule has 0 N–H and O–H groups in total. The monoisotopic (exact) mass is 392 g/mol. The molecule has 1 aromatic rings. The molecule has 5 nitrogen and oxygen atoms in total. The number of rotatable bonds is 4. The Morgan fingerprint density at radius 1 is 1.16 bits per heavy atom. The number of nitrogens with zero attached hydrogens (tertiary/aromatic N) is 2. The van der Waals surface area contributed by atoms with E-state index in [9.17, 15) is 22.0 Å². The molecule has 0 bridgehead atoms. The van der Waals surface area contributed by atoms with E-state index in [4.69, 9.17) is 0 Å². The number of benzene rings is 1. The van der Waals surface area contributed by atoms with E-state index in [-0.39, 0.29) is 36.8 Å². The number of carbonyl (C=O) groups is 1. The van der Waals surface area contributed by atoms with E-state index < -0.39 is 26.6 Å². The highest BCUT2D eigenvalue weighted by Crippen LogP contribution is 2.24. The molecule has 0 aromatic heterocycles. The van der Waals surface area contributed by atoms with Crippen molar-refractivity contribution in [3.63, 3.8) is 0 Å². The zero-order valence-electron chi connectivity index (χ0n) is 14.5. The summed E-state index contributed by atoms with van der Waals surface area (Å²) in [6.07, 6.45) is 0. The number of amides is 1. The summed E-state index contributed by atoms with van der Waals surface area (Å²) in [7, 11) is -4.12. The summed E-state index contributed by atoms with van der Waals surface area (Å²) >= 11 is 1.53. The van der Waals surface area contributed by atoms with Gasteiger partial charge in [-0.15, -0.1) is 11.8 Å². The molecule has 9 heteroatoms. The van der Waals surface area contributed by atoms with Gasteiger partial charge in [-0.05, 0) is 18.2 Å².